The molecule has 16 heavy (non-hydrogen) atoms. The van der Waals surface area contributed by atoms with E-state index in [4.69, 9.17) is 0 Å². The molecule has 2 rings (SSSR count). The topological polar surface area (TPSA) is 36.4 Å². The van der Waals surface area contributed by atoms with E-state index >= 15 is 0 Å². The van der Waals surface area contributed by atoms with E-state index in [0.29, 0.717) is 0 Å². The van der Waals surface area contributed by atoms with Crippen LogP contribution >= 0.6 is 0 Å². The number of aliphatic hydroxyl groups is 1. The van der Waals surface area contributed by atoms with Crippen LogP contribution in [-0.2, 0) is 6.42 Å². The zero-order chi connectivity index (χ0) is 11.4. The lowest BCUT2D eigenvalue weighted by Crippen LogP contribution is -2.61. The largest absolute Gasteiger partial charge is 0.387 e. The van der Waals surface area contributed by atoms with Gasteiger partial charge in [0.15, 0.2) is 0 Å². The minimum atomic E-state index is -0.404. The van der Waals surface area contributed by atoms with E-state index in [2.05, 4.69) is 22.9 Å². The quantitative estimate of drug-likeness (QED) is 0.816. The molecule has 0 unspecified atom stereocenters. The number of likely N-dealkylation sites (tertiary alicyclic amines) is 1. The van der Waals surface area contributed by atoms with Gasteiger partial charge >= 0.3 is 0 Å². The summed E-state index contributed by atoms with van der Waals surface area (Å²) >= 11 is 0. The first-order valence-corrected chi connectivity index (χ1v) is 6.06. The number of rotatable bonds is 5. The summed E-state index contributed by atoms with van der Waals surface area (Å²) in [5.74, 6) is 0. The van der Waals surface area contributed by atoms with E-state index in [9.17, 15) is 5.11 Å². The summed E-state index contributed by atoms with van der Waals surface area (Å²) in [5, 5.41) is 10.0. The fourth-order valence-corrected chi connectivity index (χ4v) is 2.39. The van der Waals surface area contributed by atoms with Gasteiger partial charge < -0.3 is 5.11 Å². The molecule has 0 saturated carbocycles. The van der Waals surface area contributed by atoms with Crippen molar-refractivity contribution in [2.45, 2.75) is 31.8 Å². The normalized spacial score (nSPS) is 19.4. The second kappa shape index (κ2) is 4.93. The molecule has 1 N–H and O–H groups in total. The average Bonchev–Trinajstić information content (AvgIpc) is 2.25. The maximum absolute atomic E-state index is 10.0. The van der Waals surface area contributed by atoms with Crippen LogP contribution in [0.1, 0.15) is 25.5 Å². The summed E-state index contributed by atoms with van der Waals surface area (Å²) < 4.78 is 0. The van der Waals surface area contributed by atoms with Gasteiger partial charge in [0.25, 0.3) is 0 Å². The zero-order valence-corrected chi connectivity index (χ0v) is 9.89. The first-order valence-electron chi connectivity index (χ1n) is 6.06. The second-order valence-corrected chi connectivity index (χ2v) is 4.76. The van der Waals surface area contributed by atoms with Crippen LogP contribution in [0.5, 0.6) is 0 Å². The maximum Gasteiger partial charge on any atom is 0.0900 e. The number of hydrogen-bond donors (Lipinski definition) is 1. The van der Waals surface area contributed by atoms with Crippen LogP contribution in [0.2, 0.25) is 0 Å². The summed E-state index contributed by atoms with van der Waals surface area (Å²) in [5.41, 5.74) is 0.729. The first kappa shape index (κ1) is 11.6. The predicted molar refractivity (Wildman–Crippen MR) is 64.2 cm³/mol. The molecule has 3 nitrogen and oxygen atoms in total. The van der Waals surface area contributed by atoms with Gasteiger partial charge in [-0.2, -0.15) is 0 Å². The van der Waals surface area contributed by atoms with Crippen molar-refractivity contribution in [1.82, 2.24) is 9.88 Å². The highest BCUT2D eigenvalue weighted by atomic mass is 16.3. The van der Waals surface area contributed by atoms with E-state index in [1.54, 1.807) is 0 Å². The van der Waals surface area contributed by atoms with Gasteiger partial charge in [-0.25, -0.2) is 0 Å². The molecular formula is C13H20N2O. The number of hydrogen-bond acceptors (Lipinski definition) is 3. The monoisotopic (exact) mass is 220 g/mol. The van der Waals surface area contributed by atoms with Crippen LogP contribution in [-0.4, -0.2) is 40.2 Å². The van der Waals surface area contributed by atoms with Gasteiger partial charge in [0.1, 0.15) is 0 Å². The number of aromatic nitrogens is 1. The molecule has 0 aromatic carbocycles. The van der Waals surface area contributed by atoms with Crippen LogP contribution < -0.4 is 0 Å². The van der Waals surface area contributed by atoms with Crippen molar-refractivity contribution in [3.63, 3.8) is 0 Å². The highest BCUT2D eigenvalue weighted by Gasteiger charge is 2.39. The van der Waals surface area contributed by atoms with E-state index in [0.717, 1.165) is 44.6 Å². The fraction of sp³-hybridized carbons (Fsp3) is 0.615. The number of β-amino-alcohol motifs (C(OH)–C–C–N with tert-alkyl or cyclic N) is 1. The Morgan fingerprint density at radius 2 is 2.25 bits per heavy atom. The molecule has 3 heteroatoms. The summed E-state index contributed by atoms with van der Waals surface area (Å²) in [6.07, 6.45) is 4.79. The third-order valence-electron chi connectivity index (χ3n) is 3.16. The molecule has 1 saturated heterocycles. The third-order valence-corrected chi connectivity index (χ3v) is 3.16. The van der Waals surface area contributed by atoms with Gasteiger partial charge in [0.05, 0.1) is 5.60 Å². The lowest BCUT2D eigenvalue weighted by Gasteiger charge is -2.46. The highest BCUT2D eigenvalue weighted by molar-refractivity contribution is 5.05. The van der Waals surface area contributed by atoms with E-state index in [1.165, 1.54) is 0 Å². The van der Waals surface area contributed by atoms with Crippen LogP contribution in [0.4, 0.5) is 0 Å². The van der Waals surface area contributed by atoms with Crippen molar-refractivity contribution in [3.8, 4) is 0 Å². The maximum atomic E-state index is 10.0. The van der Waals surface area contributed by atoms with Crippen molar-refractivity contribution in [1.29, 1.82) is 0 Å². The lowest BCUT2D eigenvalue weighted by molar-refractivity contribution is -0.102. The minimum absolute atomic E-state index is 0.404. The molecule has 0 radical (unpaired) electrons. The SMILES string of the molecule is CCCC1(O)CN(CCc2ccccn2)C1. The van der Waals surface area contributed by atoms with Gasteiger partial charge in [0.2, 0.25) is 0 Å². The highest BCUT2D eigenvalue weighted by Crippen LogP contribution is 2.25. The fourth-order valence-electron chi connectivity index (χ4n) is 2.39. The molecule has 0 atom stereocenters. The first-order chi connectivity index (χ1) is 7.72. The van der Waals surface area contributed by atoms with Crippen molar-refractivity contribution in [3.05, 3.63) is 30.1 Å². The molecule has 1 aliphatic rings. The average molecular weight is 220 g/mol. The Bertz CT molecular complexity index is 320. The van der Waals surface area contributed by atoms with E-state index < -0.39 is 5.60 Å². The van der Waals surface area contributed by atoms with Gasteiger partial charge in [-0.15, -0.1) is 0 Å². The van der Waals surface area contributed by atoms with Crippen molar-refractivity contribution >= 4 is 0 Å². The molecular weight excluding hydrogens is 200 g/mol. The van der Waals surface area contributed by atoms with Gasteiger partial charge in [-0.3, -0.25) is 9.88 Å². The van der Waals surface area contributed by atoms with E-state index in [1.807, 2.05) is 18.3 Å². The van der Waals surface area contributed by atoms with Crippen molar-refractivity contribution < 1.29 is 5.11 Å². The zero-order valence-electron chi connectivity index (χ0n) is 9.89. The van der Waals surface area contributed by atoms with Crippen LogP contribution in [0.3, 0.4) is 0 Å². The Balaban J connectivity index is 1.70. The van der Waals surface area contributed by atoms with Crippen molar-refractivity contribution in [2.75, 3.05) is 19.6 Å². The molecule has 0 spiro atoms. The second-order valence-electron chi connectivity index (χ2n) is 4.76. The third kappa shape index (κ3) is 2.80. The van der Waals surface area contributed by atoms with E-state index in [-0.39, 0.29) is 0 Å². The Kier molecular flexibility index (Phi) is 3.56. The number of pyridine rings is 1. The Hall–Kier alpha value is -0.930. The molecule has 1 aromatic heterocycles. The summed E-state index contributed by atoms with van der Waals surface area (Å²) in [6, 6.07) is 6.01. The van der Waals surface area contributed by atoms with Gasteiger partial charge in [0, 0.05) is 37.9 Å². The predicted octanol–water partition coefficient (Wildman–Crippen LogP) is 1.47. The van der Waals surface area contributed by atoms with Crippen molar-refractivity contribution in [2.24, 2.45) is 0 Å². The lowest BCUT2D eigenvalue weighted by atomic mass is 9.89. The standard InChI is InChI=1S/C13H20N2O/c1-2-7-13(16)10-15(11-13)9-6-12-5-3-4-8-14-12/h3-5,8,16H,2,6-7,9-11H2,1H3. The molecule has 2 heterocycles. The minimum Gasteiger partial charge on any atom is -0.387 e. The molecule has 0 bridgehead atoms. The van der Waals surface area contributed by atoms with Crippen LogP contribution in [0, 0.1) is 0 Å². The molecule has 88 valence electrons. The van der Waals surface area contributed by atoms with Crippen LogP contribution in [0.25, 0.3) is 0 Å². The van der Waals surface area contributed by atoms with Crippen LogP contribution in [0.15, 0.2) is 24.4 Å². The molecule has 1 fully saturated rings. The molecule has 0 amide bonds. The summed E-state index contributed by atoms with van der Waals surface area (Å²) in [6.45, 7) is 4.78. The Labute approximate surface area is 97.1 Å². The Morgan fingerprint density at radius 1 is 1.44 bits per heavy atom. The summed E-state index contributed by atoms with van der Waals surface area (Å²) in [7, 11) is 0. The van der Waals surface area contributed by atoms with Gasteiger partial charge in [-0.05, 0) is 18.6 Å². The molecule has 1 aromatic rings. The van der Waals surface area contributed by atoms with Gasteiger partial charge in [-0.1, -0.05) is 19.4 Å². The number of nitrogens with zero attached hydrogens (tertiary/aromatic N) is 2. The Morgan fingerprint density at radius 3 is 2.88 bits per heavy atom. The molecule has 1 aliphatic heterocycles. The molecule has 0 aliphatic carbocycles. The smallest absolute Gasteiger partial charge is 0.0900 e. The summed E-state index contributed by atoms with van der Waals surface area (Å²) in [4.78, 5) is 6.59.